The van der Waals surface area contributed by atoms with Crippen LogP contribution in [-0.2, 0) is 11.8 Å². The molecule has 0 unspecified atom stereocenters. The van der Waals surface area contributed by atoms with Gasteiger partial charge in [0.2, 0.25) is 6.43 Å². The Morgan fingerprint density at radius 2 is 1.73 bits per heavy atom. The van der Waals surface area contributed by atoms with Gasteiger partial charge in [-0.25, -0.2) is 17.6 Å². The van der Waals surface area contributed by atoms with Gasteiger partial charge in [-0.2, -0.15) is 15.1 Å². The molecule has 2 bridgehead atoms. The minimum absolute atomic E-state index is 0.0136. The lowest BCUT2D eigenvalue weighted by atomic mass is 9.79. The van der Waals surface area contributed by atoms with Gasteiger partial charge in [-0.3, -0.25) is 9.58 Å². The predicted molar refractivity (Wildman–Crippen MR) is 201 cm³/mol. The van der Waals surface area contributed by atoms with E-state index >= 15 is 8.78 Å². The molecule has 0 radical (unpaired) electrons. The molecule has 4 atom stereocenters. The summed E-state index contributed by atoms with van der Waals surface area (Å²) in [7, 11) is 5.27. The molecule has 4 aliphatic rings. The van der Waals surface area contributed by atoms with Gasteiger partial charge in [0.05, 0.1) is 17.6 Å². The summed E-state index contributed by atoms with van der Waals surface area (Å²) in [6, 6.07) is 6.05. The van der Waals surface area contributed by atoms with Gasteiger partial charge in [0.25, 0.3) is 0 Å². The maximum atomic E-state index is 17.7. The second-order valence-corrected chi connectivity index (χ2v) is 15.9. The van der Waals surface area contributed by atoms with E-state index in [2.05, 4.69) is 20.7 Å². The zero-order valence-corrected chi connectivity index (χ0v) is 31.0. The maximum absolute atomic E-state index is 17.7. The van der Waals surface area contributed by atoms with E-state index in [-0.39, 0.29) is 70.1 Å². The number of halogens is 4. The average Bonchev–Trinajstić information content (AvgIpc) is 3.79. The van der Waals surface area contributed by atoms with Crippen molar-refractivity contribution in [3.63, 3.8) is 0 Å². The minimum Gasteiger partial charge on any atom is -0.508 e. The highest BCUT2D eigenvalue weighted by molar-refractivity contribution is 6.18. The van der Waals surface area contributed by atoms with Crippen molar-refractivity contribution in [3.05, 3.63) is 47.7 Å². The van der Waals surface area contributed by atoms with Gasteiger partial charge >= 0.3 is 6.01 Å². The highest BCUT2D eigenvalue weighted by Gasteiger charge is 2.46. The topological polar surface area (TPSA) is 92.0 Å². The van der Waals surface area contributed by atoms with Crippen LogP contribution in [0.25, 0.3) is 43.7 Å². The van der Waals surface area contributed by atoms with E-state index in [9.17, 15) is 13.9 Å². The third kappa shape index (κ3) is 6.02. The molecule has 288 valence electrons. The van der Waals surface area contributed by atoms with Crippen molar-refractivity contribution < 1.29 is 32.1 Å². The Morgan fingerprint density at radius 3 is 2.44 bits per heavy atom. The van der Waals surface area contributed by atoms with E-state index in [1.54, 1.807) is 32.1 Å². The summed E-state index contributed by atoms with van der Waals surface area (Å²) >= 11 is 0. The molecule has 3 aromatic carbocycles. The number of benzene rings is 3. The first-order valence-electron chi connectivity index (χ1n) is 18.9. The minimum atomic E-state index is -2.52. The number of phenolic OH excluding ortho intramolecular Hbond substituents is 1. The van der Waals surface area contributed by atoms with Gasteiger partial charge in [0.15, 0.2) is 5.82 Å². The molecule has 10 nitrogen and oxygen atoms in total. The van der Waals surface area contributed by atoms with Crippen LogP contribution in [0.15, 0.2) is 30.5 Å². The Hall–Kier alpha value is -4.71. The molecule has 1 saturated carbocycles. The van der Waals surface area contributed by atoms with Crippen molar-refractivity contribution in [1.29, 1.82) is 0 Å². The summed E-state index contributed by atoms with van der Waals surface area (Å²) in [5.74, 6) is 0.524. The highest BCUT2D eigenvalue weighted by Crippen LogP contribution is 2.47. The summed E-state index contributed by atoms with van der Waals surface area (Å²) in [6.07, 6.45) is 9.12. The van der Waals surface area contributed by atoms with Crippen LogP contribution in [0, 0.1) is 41.7 Å². The number of piperazine rings is 1. The smallest absolute Gasteiger partial charge is 0.319 e. The van der Waals surface area contributed by atoms with Crippen molar-refractivity contribution in [2.45, 2.75) is 50.2 Å². The molecule has 0 spiro atoms. The summed E-state index contributed by atoms with van der Waals surface area (Å²) in [5.41, 5.74) is 0.280. The highest BCUT2D eigenvalue weighted by atomic mass is 19.3. The van der Waals surface area contributed by atoms with Gasteiger partial charge in [-0.05, 0) is 67.8 Å². The Morgan fingerprint density at radius 1 is 0.964 bits per heavy atom. The lowest BCUT2D eigenvalue weighted by Crippen LogP contribution is -2.59. The maximum Gasteiger partial charge on any atom is 0.319 e. The number of aromatic nitrogens is 4. The normalized spacial score (nSPS) is 25.8. The number of alkyl halides is 2. The first-order chi connectivity index (χ1) is 26.5. The first-order valence-corrected chi connectivity index (χ1v) is 18.9. The second-order valence-electron chi connectivity index (χ2n) is 15.9. The Labute approximate surface area is 316 Å². The van der Waals surface area contributed by atoms with E-state index in [0.717, 1.165) is 45.4 Å². The van der Waals surface area contributed by atoms with E-state index in [1.165, 1.54) is 24.3 Å². The number of aromatic hydroxyl groups is 1. The molecule has 5 heterocycles. The number of phenols is 1. The Kier molecular flexibility index (Phi) is 9.02. The number of hydrogen-bond donors (Lipinski definition) is 1. The number of methoxy groups -OCH3 is 1. The van der Waals surface area contributed by atoms with Crippen LogP contribution in [0.4, 0.5) is 23.4 Å². The fourth-order valence-corrected chi connectivity index (χ4v) is 9.89. The van der Waals surface area contributed by atoms with Gasteiger partial charge in [0.1, 0.15) is 28.4 Å². The van der Waals surface area contributed by atoms with Crippen LogP contribution in [-0.4, -0.2) is 113 Å². The molecule has 1 N–H and O–H groups in total. The van der Waals surface area contributed by atoms with Crippen molar-refractivity contribution in [3.8, 4) is 35.2 Å². The van der Waals surface area contributed by atoms with Gasteiger partial charge < -0.3 is 24.4 Å². The number of nitrogens with zero attached hydrogens (tertiary/aromatic N) is 7. The molecule has 9 rings (SSSR count). The number of anilines is 1. The summed E-state index contributed by atoms with van der Waals surface area (Å²) in [4.78, 5) is 16.4. The SMILES string of the molecule is C#Cc1c(F)ccc2cc(O)cc(-c3c(F)c4nc(OC[C@H]5CN(C)C[C@@H]5C(F)F)nc(N5[C@@H]6CC[C@H]5CN(C5CC(COC)C5)C6)c4c4cn(C)nc34)c12. The zero-order valence-electron chi connectivity index (χ0n) is 31.0. The molecule has 3 aliphatic heterocycles. The molecule has 55 heavy (non-hydrogen) atoms. The number of ether oxygens (including phenoxy) is 2. The number of hydrogen-bond acceptors (Lipinski definition) is 9. The number of aryl methyl sites for hydroxylation is 1. The molecular weight excluding hydrogens is 714 g/mol. The second kappa shape index (κ2) is 13.8. The third-order valence-electron chi connectivity index (χ3n) is 12.4. The fourth-order valence-electron chi connectivity index (χ4n) is 9.89. The molecule has 5 aromatic rings. The molecule has 4 fully saturated rings. The molecule has 2 aromatic heterocycles. The van der Waals surface area contributed by atoms with Crippen LogP contribution >= 0.6 is 0 Å². The monoisotopic (exact) mass is 757 g/mol. The van der Waals surface area contributed by atoms with Crippen molar-refractivity contribution in [2.75, 3.05) is 58.5 Å². The predicted octanol–water partition coefficient (Wildman–Crippen LogP) is 6.20. The Balaban J connectivity index is 1.22. The van der Waals surface area contributed by atoms with Crippen molar-refractivity contribution >= 4 is 38.4 Å². The van der Waals surface area contributed by atoms with E-state index < -0.39 is 29.9 Å². The lowest BCUT2D eigenvalue weighted by molar-refractivity contribution is 0.0199. The number of rotatable bonds is 9. The lowest BCUT2D eigenvalue weighted by Gasteiger charge is -2.49. The summed E-state index contributed by atoms with van der Waals surface area (Å²) in [5, 5.41) is 17.3. The molecule has 0 amide bonds. The number of terminal acetylenes is 1. The zero-order chi connectivity index (χ0) is 38.3. The summed E-state index contributed by atoms with van der Waals surface area (Å²) < 4.78 is 74.3. The average molecular weight is 758 g/mol. The fraction of sp³-hybridized carbons (Fsp3) is 0.488. The first kappa shape index (κ1) is 36.0. The molecular formula is C41H43F4N7O3. The third-order valence-corrected chi connectivity index (χ3v) is 12.4. The quantitative estimate of drug-likeness (QED) is 0.140. The van der Waals surface area contributed by atoms with Gasteiger partial charge in [-0.1, -0.05) is 12.0 Å². The van der Waals surface area contributed by atoms with Gasteiger partial charge in [-0.15, -0.1) is 6.42 Å². The molecule has 1 aliphatic carbocycles. The van der Waals surface area contributed by atoms with Crippen LogP contribution in [0.5, 0.6) is 11.8 Å². The van der Waals surface area contributed by atoms with E-state index in [1.807, 2.05) is 4.90 Å². The largest absolute Gasteiger partial charge is 0.508 e. The van der Waals surface area contributed by atoms with Crippen LogP contribution in [0.1, 0.15) is 31.2 Å². The summed E-state index contributed by atoms with van der Waals surface area (Å²) in [6.45, 7) is 2.99. The number of fused-ring (bicyclic) bond motifs is 6. The van der Waals surface area contributed by atoms with Crippen molar-refractivity contribution in [2.24, 2.45) is 24.8 Å². The van der Waals surface area contributed by atoms with Crippen LogP contribution in [0.2, 0.25) is 0 Å². The molecule has 14 heteroatoms. The van der Waals surface area contributed by atoms with Crippen LogP contribution in [0.3, 0.4) is 0 Å². The van der Waals surface area contributed by atoms with Crippen molar-refractivity contribution in [1.82, 2.24) is 29.5 Å². The van der Waals surface area contributed by atoms with Gasteiger partial charge in [0, 0.05) is 99.4 Å². The van der Waals surface area contributed by atoms with E-state index in [4.69, 9.17) is 26.0 Å². The standard InChI is InChI=1S/C41H43F4N7O3/c1-5-28-32(42)9-6-22-12-27(53)13-29(33(22)28)34-36(43)38-35(31-18-50(3)48-37(31)34)40(47-41(46-38)55-20-23-14-49(2)17-30(23)39(44)45)52-24-7-8-25(52)16-51(15-24)26-10-21(11-26)19-54-4/h1,6,9,12-13,18,21,23-26,30,39,53H,7-8,10-11,14-17,19-20H2,2-4H3/t21?,23-,24-,25+,26?,30+/m1/s1. The van der Waals surface area contributed by atoms with E-state index in [0.29, 0.717) is 40.5 Å². The number of likely N-dealkylation sites (tertiary alicyclic amines) is 2. The molecule has 3 saturated heterocycles. The van der Waals surface area contributed by atoms with Crippen LogP contribution < -0.4 is 9.64 Å². The Bertz CT molecular complexity index is 2340.